The molecule has 0 radical (unpaired) electrons. The summed E-state index contributed by atoms with van der Waals surface area (Å²) in [5, 5.41) is 11.5. The van der Waals surface area contributed by atoms with Gasteiger partial charge in [0, 0.05) is 23.6 Å². The predicted octanol–water partition coefficient (Wildman–Crippen LogP) is 4.42. The molecule has 1 N–H and O–H groups in total. The third-order valence-corrected chi connectivity index (χ3v) is 5.35. The molecule has 1 aliphatic heterocycles. The molecular formula is C23H21NO4. The Kier molecular flexibility index (Phi) is 4.74. The van der Waals surface area contributed by atoms with Crippen molar-refractivity contribution in [3.63, 3.8) is 0 Å². The van der Waals surface area contributed by atoms with E-state index in [1.54, 1.807) is 12.0 Å². The molecule has 1 aliphatic rings. The number of carbonyl (C=O) groups excluding carboxylic acids is 1. The molecule has 5 heteroatoms. The van der Waals surface area contributed by atoms with Gasteiger partial charge in [-0.3, -0.25) is 9.59 Å². The molecule has 0 aliphatic carbocycles. The summed E-state index contributed by atoms with van der Waals surface area (Å²) in [7, 11) is 1.60. The van der Waals surface area contributed by atoms with Gasteiger partial charge in [0.05, 0.1) is 19.6 Å². The normalized spacial score (nSPS) is 19.2. The van der Waals surface area contributed by atoms with E-state index >= 15 is 0 Å². The molecular weight excluding hydrogens is 354 g/mol. The number of fused-ring (bicyclic) bond motifs is 1. The maximum atomic E-state index is 13.0. The molecule has 1 fully saturated rings. The number of ether oxygens (including phenoxy) is 1. The second kappa shape index (κ2) is 7.35. The average molecular weight is 375 g/mol. The number of amides is 1. The van der Waals surface area contributed by atoms with Crippen LogP contribution in [0.5, 0.6) is 5.75 Å². The van der Waals surface area contributed by atoms with Crippen LogP contribution in [-0.2, 0) is 9.59 Å². The summed E-state index contributed by atoms with van der Waals surface area (Å²) in [5.41, 5.74) is 1.63. The van der Waals surface area contributed by atoms with Gasteiger partial charge in [0.15, 0.2) is 0 Å². The van der Waals surface area contributed by atoms with Gasteiger partial charge in [-0.1, -0.05) is 48.5 Å². The Morgan fingerprint density at radius 1 is 1.07 bits per heavy atom. The number of anilines is 1. The highest BCUT2D eigenvalue weighted by Crippen LogP contribution is 2.47. The number of methoxy groups -OCH3 is 1. The maximum Gasteiger partial charge on any atom is 0.303 e. The van der Waals surface area contributed by atoms with Gasteiger partial charge in [-0.15, -0.1) is 0 Å². The van der Waals surface area contributed by atoms with Gasteiger partial charge < -0.3 is 14.7 Å². The quantitative estimate of drug-likeness (QED) is 0.717. The zero-order valence-electron chi connectivity index (χ0n) is 15.5. The topological polar surface area (TPSA) is 66.8 Å². The first-order chi connectivity index (χ1) is 13.6. The Bertz CT molecular complexity index is 1030. The van der Waals surface area contributed by atoms with Gasteiger partial charge >= 0.3 is 5.97 Å². The molecule has 5 nitrogen and oxygen atoms in total. The molecule has 3 aromatic rings. The van der Waals surface area contributed by atoms with Gasteiger partial charge in [-0.05, 0) is 29.0 Å². The summed E-state index contributed by atoms with van der Waals surface area (Å²) in [6.45, 7) is 0. The van der Waals surface area contributed by atoms with Gasteiger partial charge in [0.1, 0.15) is 5.75 Å². The minimum absolute atomic E-state index is 0.0718. The second-order valence-corrected chi connectivity index (χ2v) is 7.01. The molecule has 1 saturated heterocycles. The van der Waals surface area contributed by atoms with Crippen molar-refractivity contribution in [2.24, 2.45) is 5.92 Å². The molecule has 0 aromatic heterocycles. The van der Waals surface area contributed by atoms with Crippen molar-refractivity contribution in [1.82, 2.24) is 0 Å². The number of rotatable bonds is 5. The van der Waals surface area contributed by atoms with Crippen molar-refractivity contribution in [3.05, 3.63) is 72.3 Å². The number of carboxylic acids is 1. The van der Waals surface area contributed by atoms with E-state index in [-0.39, 0.29) is 24.7 Å². The lowest BCUT2D eigenvalue weighted by Gasteiger charge is -2.30. The summed E-state index contributed by atoms with van der Waals surface area (Å²) >= 11 is 0. The fourth-order valence-electron chi connectivity index (χ4n) is 4.22. The highest BCUT2D eigenvalue weighted by atomic mass is 16.5. The average Bonchev–Trinajstić information content (AvgIpc) is 3.02. The summed E-state index contributed by atoms with van der Waals surface area (Å²) in [5.74, 6) is -0.658. The SMILES string of the molecule is COc1ccc2ccccc2c1[C@@H]1[C@@H](CC(=O)O)CC(=O)N1c1ccccc1. The first kappa shape index (κ1) is 18.0. The number of aliphatic carboxylic acids is 1. The fourth-order valence-corrected chi connectivity index (χ4v) is 4.22. The lowest BCUT2D eigenvalue weighted by Crippen LogP contribution is -2.29. The number of benzene rings is 3. The van der Waals surface area contributed by atoms with Crippen molar-refractivity contribution in [2.75, 3.05) is 12.0 Å². The van der Waals surface area contributed by atoms with Crippen molar-refractivity contribution < 1.29 is 19.4 Å². The van der Waals surface area contributed by atoms with E-state index < -0.39 is 12.0 Å². The van der Waals surface area contributed by atoms with Gasteiger partial charge in [-0.2, -0.15) is 0 Å². The minimum atomic E-state index is -0.906. The Labute approximate surface area is 163 Å². The van der Waals surface area contributed by atoms with Gasteiger partial charge in [-0.25, -0.2) is 0 Å². The van der Waals surface area contributed by atoms with Crippen molar-refractivity contribution in [1.29, 1.82) is 0 Å². The maximum absolute atomic E-state index is 13.0. The zero-order chi connectivity index (χ0) is 19.7. The van der Waals surface area contributed by atoms with Crippen LogP contribution >= 0.6 is 0 Å². The standard InChI is InChI=1S/C23H21NO4/c1-28-19-12-11-15-7-5-6-10-18(15)22(19)23-16(14-21(26)27)13-20(25)24(23)17-8-3-2-4-9-17/h2-12,16,23H,13-14H2,1H3,(H,26,27)/t16-,23+/m1/s1. The number of hydrogen-bond acceptors (Lipinski definition) is 3. The summed E-state index contributed by atoms with van der Waals surface area (Å²) in [6, 6.07) is 20.8. The molecule has 2 atom stereocenters. The van der Waals surface area contributed by atoms with E-state index in [4.69, 9.17) is 4.74 Å². The Morgan fingerprint density at radius 3 is 2.50 bits per heavy atom. The van der Waals surface area contributed by atoms with E-state index in [0.29, 0.717) is 5.75 Å². The Balaban J connectivity index is 1.96. The van der Waals surface area contributed by atoms with Crippen molar-refractivity contribution >= 4 is 28.3 Å². The van der Waals surface area contributed by atoms with Crippen LogP contribution in [0.2, 0.25) is 0 Å². The molecule has 1 amide bonds. The Morgan fingerprint density at radius 2 is 1.79 bits per heavy atom. The van der Waals surface area contributed by atoms with E-state index in [2.05, 4.69) is 0 Å². The number of para-hydroxylation sites is 1. The first-order valence-electron chi connectivity index (χ1n) is 9.24. The van der Waals surface area contributed by atoms with Crippen LogP contribution in [0.25, 0.3) is 10.8 Å². The predicted molar refractivity (Wildman–Crippen MR) is 108 cm³/mol. The van der Waals surface area contributed by atoms with Crippen LogP contribution < -0.4 is 9.64 Å². The Hall–Kier alpha value is -3.34. The summed E-state index contributed by atoms with van der Waals surface area (Å²) < 4.78 is 5.65. The minimum Gasteiger partial charge on any atom is -0.496 e. The van der Waals surface area contributed by atoms with Crippen LogP contribution in [0.1, 0.15) is 24.4 Å². The van der Waals surface area contributed by atoms with Crippen molar-refractivity contribution in [3.8, 4) is 5.75 Å². The highest BCUT2D eigenvalue weighted by Gasteiger charge is 2.44. The lowest BCUT2D eigenvalue weighted by molar-refractivity contribution is -0.138. The fraction of sp³-hybridized carbons (Fsp3) is 0.217. The van der Waals surface area contributed by atoms with Gasteiger partial charge in [0.2, 0.25) is 5.91 Å². The zero-order valence-corrected chi connectivity index (χ0v) is 15.5. The van der Waals surface area contributed by atoms with E-state index in [0.717, 1.165) is 22.0 Å². The van der Waals surface area contributed by atoms with E-state index in [1.807, 2.05) is 66.7 Å². The molecule has 0 unspecified atom stereocenters. The number of nitrogens with zero attached hydrogens (tertiary/aromatic N) is 1. The van der Waals surface area contributed by atoms with E-state index in [1.165, 1.54) is 0 Å². The molecule has 142 valence electrons. The number of hydrogen-bond donors (Lipinski definition) is 1. The molecule has 0 bridgehead atoms. The summed E-state index contributed by atoms with van der Waals surface area (Å²) in [4.78, 5) is 26.3. The first-order valence-corrected chi connectivity index (χ1v) is 9.24. The highest BCUT2D eigenvalue weighted by molar-refractivity contribution is 5.99. The molecule has 3 aromatic carbocycles. The summed E-state index contributed by atoms with van der Waals surface area (Å²) in [6.07, 6.45) is 0.115. The third kappa shape index (κ3) is 3.09. The number of carbonyl (C=O) groups is 2. The van der Waals surface area contributed by atoms with Crippen LogP contribution in [0.3, 0.4) is 0 Å². The van der Waals surface area contributed by atoms with Crippen LogP contribution in [0, 0.1) is 5.92 Å². The molecule has 0 spiro atoms. The smallest absolute Gasteiger partial charge is 0.303 e. The van der Waals surface area contributed by atoms with Crippen LogP contribution in [0.15, 0.2) is 66.7 Å². The molecule has 28 heavy (non-hydrogen) atoms. The molecule has 0 saturated carbocycles. The third-order valence-electron chi connectivity index (χ3n) is 5.35. The second-order valence-electron chi connectivity index (χ2n) is 7.01. The largest absolute Gasteiger partial charge is 0.496 e. The van der Waals surface area contributed by atoms with Crippen molar-refractivity contribution in [2.45, 2.75) is 18.9 Å². The van der Waals surface area contributed by atoms with E-state index in [9.17, 15) is 14.7 Å². The number of carboxylic acid groups (broad SMARTS) is 1. The van der Waals surface area contributed by atoms with Crippen LogP contribution in [-0.4, -0.2) is 24.1 Å². The monoisotopic (exact) mass is 375 g/mol. The molecule has 4 rings (SSSR count). The van der Waals surface area contributed by atoms with Gasteiger partial charge in [0.25, 0.3) is 0 Å². The molecule has 1 heterocycles. The van der Waals surface area contributed by atoms with Crippen LogP contribution in [0.4, 0.5) is 5.69 Å². The lowest BCUT2D eigenvalue weighted by atomic mass is 9.87.